The number of fused-ring (bicyclic) bond motifs is 1. The maximum Gasteiger partial charge on any atom is 0.410 e. The van der Waals surface area contributed by atoms with Crippen molar-refractivity contribution in [1.82, 2.24) is 14.9 Å². The third-order valence-corrected chi connectivity index (χ3v) is 5.33. The fraction of sp³-hybridized carbons (Fsp3) is 0.471. The smallest absolute Gasteiger partial charge is 0.410 e. The Hall–Kier alpha value is -2.02. The van der Waals surface area contributed by atoms with E-state index in [0.29, 0.717) is 24.5 Å². The molecule has 24 heavy (non-hydrogen) atoms. The van der Waals surface area contributed by atoms with Gasteiger partial charge >= 0.3 is 6.09 Å². The number of benzene rings is 1. The summed E-state index contributed by atoms with van der Waals surface area (Å²) in [5.41, 5.74) is 0.975. The Balaban J connectivity index is 1.70. The van der Waals surface area contributed by atoms with E-state index in [-0.39, 0.29) is 11.3 Å². The van der Waals surface area contributed by atoms with Gasteiger partial charge in [-0.1, -0.05) is 12.1 Å². The first-order chi connectivity index (χ1) is 11.3. The van der Waals surface area contributed by atoms with Crippen LogP contribution in [0.2, 0.25) is 0 Å². The topological polar surface area (TPSA) is 72.4 Å². The lowest BCUT2D eigenvalue weighted by Crippen LogP contribution is -2.36. The first-order valence-electron chi connectivity index (χ1n) is 7.94. The molecule has 0 bridgehead atoms. The summed E-state index contributed by atoms with van der Waals surface area (Å²) in [5, 5.41) is 0.317. The number of para-hydroxylation sites is 2. The molecule has 1 aromatic heterocycles. The number of ether oxygens (including phenoxy) is 1. The summed E-state index contributed by atoms with van der Waals surface area (Å²) in [6, 6.07) is 7.49. The number of hydrogen-bond donors (Lipinski definition) is 0. The minimum Gasteiger partial charge on any atom is -0.444 e. The molecular weight excluding hydrogens is 326 g/mol. The van der Waals surface area contributed by atoms with Crippen LogP contribution in [0.5, 0.6) is 0 Å². The zero-order chi connectivity index (χ0) is 17.3. The maximum absolute atomic E-state index is 12.8. The van der Waals surface area contributed by atoms with Crippen molar-refractivity contribution in [2.24, 2.45) is 0 Å². The van der Waals surface area contributed by atoms with E-state index in [2.05, 4.69) is 9.97 Å². The van der Waals surface area contributed by atoms with E-state index in [1.54, 1.807) is 11.1 Å². The van der Waals surface area contributed by atoms with Gasteiger partial charge in [-0.15, -0.1) is 0 Å². The zero-order valence-electron chi connectivity index (χ0n) is 14.1. The highest BCUT2D eigenvalue weighted by atomic mass is 32.2. The fourth-order valence-electron chi connectivity index (χ4n) is 2.60. The van der Waals surface area contributed by atoms with E-state index in [4.69, 9.17) is 4.74 Å². The average molecular weight is 347 g/mol. The van der Waals surface area contributed by atoms with Gasteiger partial charge in [-0.25, -0.2) is 9.78 Å². The van der Waals surface area contributed by atoms with Gasteiger partial charge in [-0.05, 0) is 39.3 Å². The number of carbonyl (C=O) groups excluding carboxylic acids is 1. The van der Waals surface area contributed by atoms with Crippen molar-refractivity contribution in [1.29, 1.82) is 0 Å². The fourth-order valence-corrected chi connectivity index (χ4v) is 3.92. The van der Waals surface area contributed by atoms with Crippen molar-refractivity contribution in [2.75, 3.05) is 13.1 Å². The molecule has 1 aliphatic rings. The molecule has 7 heteroatoms. The normalized spacial score (nSPS) is 19.5. The lowest BCUT2D eigenvalue weighted by molar-refractivity contribution is 0.0295. The van der Waals surface area contributed by atoms with Crippen molar-refractivity contribution in [3.63, 3.8) is 0 Å². The van der Waals surface area contributed by atoms with Crippen LogP contribution in [-0.2, 0) is 15.5 Å². The molecule has 2 aromatic rings. The van der Waals surface area contributed by atoms with Crippen LogP contribution >= 0.6 is 0 Å². The molecule has 2 heterocycles. The second kappa shape index (κ2) is 6.47. The summed E-state index contributed by atoms with van der Waals surface area (Å²) in [4.78, 5) is 22.5. The van der Waals surface area contributed by atoms with E-state index in [1.165, 1.54) is 0 Å². The first-order valence-corrected chi connectivity index (χ1v) is 9.15. The molecule has 6 nitrogen and oxygen atoms in total. The molecule has 128 valence electrons. The minimum absolute atomic E-state index is 0.145. The minimum atomic E-state index is -1.30. The molecular formula is C17H21N3O3S. The Morgan fingerprint density at radius 1 is 1.29 bits per heavy atom. The molecule has 0 saturated carbocycles. The summed E-state index contributed by atoms with van der Waals surface area (Å²) in [5.74, 6) is 0. The van der Waals surface area contributed by atoms with Gasteiger partial charge in [0.25, 0.3) is 0 Å². The molecule has 0 aliphatic carbocycles. The van der Waals surface area contributed by atoms with Crippen molar-refractivity contribution in [3.8, 4) is 0 Å². The van der Waals surface area contributed by atoms with Crippen molar-refractivity contribution < 1.29 is 13.7 Å². The van der Waals surface area contributed by atoms with E-state index < -0.39 is 16.4 Å². The van der Waals surface area contributed by atoms with Crippen LogP contribution in [-0.4, -0.2) is 49.1 Å². The molecule has 1 fully saturated rings. The highest BCUT2D eigenvalue weighted by Gasteiger charge is 2.33. The highest BCUT2D eigenvalue weighted by molar-refractivity contribution is 7.85. The highest BCUT2D eigenvalue weighted by Crippen LogP contribution is 2.22. The van der Waals surface area contributed by atoms with Gasteiger partial charge in [0.05, 0.1) is 33.3 Å². The molecule has 1 aromatic carbocycles. The summed E-state index contributed by atoms with van der Waals surface area (Å²) in [6.45, 7) is 6.46. The van der Waals surface area contributed by atoms with Crippen LogP contribution in [0.1, 0.15) is 27.2 Å². The van der Waals surface area contributed by atoms with Crippen LogP contribution in [0.3, 0.4) is 0 Å². The van der Waals surface area contributed by atoms with Crippen LogP contribution in [0, 0.1) is 0 Å². The van der Waals surface area contributed by atoms with Crippen LogP contribution in [0.25, 0.3) is 11.0 Å². The largest absolute Gasteiger partial charge is 0.444 e. The van der Waals surface area contributed by atoms with E-state index in [1.807, 2.05) is 45.0 Å². The van der Waals surface area contributed by atoms with Gasteiger partial charge in [0.1, 0.15) is 10.6 Å². The number of nitrogens with zero attached hydrogens (tertiary/aromatic N) is 3. The Labute approximate surface area is 143 Å². The third-order valence-electron chi connectivity index (χ3n) is 3.73. The lowest BCUT2D eigenvalue weighted by atomic mass is 10.2. The Morgan fingerprint density at radius 3 is 2.71 bits per heavy atom. The first kappa shape index (κ1) is 16.8. The zero-order valence-corrected chi connectivity index (χ0v) is 14.9. The molecule has 0 radical (unpaired) electrons. The predicted molar refractivity (Wildman–Crippen MR) is 92.2 cm³/mol. The number of hydrogen-bond acceptors (Lipinski definition) is 5. The van der Waals surface area contributed by atoms with E-state index in [0.717, 1.165) is 11.0 Å². The Morgan fingerprint density at radius 2 is 2.00 bits per heavy atom. The predicted octanol–water partition coefficient (Wildman–Crippen LogP) is 2.75. The van der Waals surface area contributed by atoms with Gasteiger partial charge in [-0.3, -0.25) is 9.19 Å². The molecule has 2 atom stereocenters. The third kappa shape index (κ3) is 3.72. The van der Waals surface area contributed by atoms with Gasteiger partial charge < -0.3 is 9.64 Å². The second-order valence-corrected chi connectivity index (χ2v) is 8.51. The van der Waals surface area contributed by atoms with E-state index in [9.17, 15) is 9.00 Å². The number of amides is 1. The van der Waals surface area contributed by atoms with Crippen LogP contribution in [0.4, 0.5) is 4.79 Å². The maximum atomic E-state index is 12.8. The van der Waals surface area contributed by atoms with E-state index >= 15 is 0 Å². The second-order valence-electron chi connectivity index (χ2n) is 6.83. The van der Waals surface area contributed by atoms with Gasteiger partial charge in [0.2, 0.25) is 0 Å². The van der Waals surface area contributed by atoms with Crippen LogP contribution in [0.15, 0.2) is 35.5 Å². The summed E-state index contributed by atoms with van der Waals surface area (Å²) in [6.07, 6.45) is 1.88. The lowest BCUT2D eigenvalue weighted by Gasteiger charge is -2.24. The van der Waals surface area contributed by atoms with Gasteiger partial charge in [0.15, 0.2) is 0 Å². The molecule has 0 N–H and O–H groups in total. The Kier molecular flexibility index (Phi) is 4.54. The monoisotopic (exact) mass is 347 g/mol. The SMILES string of the molecule is CC(C)(C)OC(=O)N1CC[C@@H](S(=O)c2cnc3ccccc3n2)C1. The number of likely N-dealkylation sites (tertiary alicyclic amines) is 1. The molecule has 0 spiro atoms. The van der Waals surface area contributed by atoms with Gasteiger partial charge in [-0.2, -0.15) is 0 Å². The number of carbonyl (C=O) groups is 1. The number of rotatable bonds is 2. The Bertz CT molecular complexity index is 788. The summed E-state index contributed by atoms with van der Waals surface area (Å²) >= 11 is 0. The number of aromatic nitrogens is 2. The quantitative estimate of drug-likeness (QED) is 0.835. The van der Waals surface area contributed by atoms with Gasteiger partial charge in [0, 0.05) is 13.1 Å². The van der Waals surface area contributed by atoms with Crippen molar-refractivity contribution in [3.05, 3.63) is 30.5 Å². The molecule has 1 amide bonds. The standard InChI is InChI=1S/C17H21N3O3S/c1-17(2,3)23-16(21)20-9-8-12(11-20)24(22)15-10-18-13-6-4-5-7-14(13)19-15/h4-7,10,12H,8-9,11H2,1-3H3/t12-,24?/m1/s1. The molecule has 1 aliphatic heterocycles. The molecule has 3 rings (SSSR count). The molecule has 1 unspecified atom stereocenters. The molecule has 1 saturated heterocycles. The summed E-state index contributed by atoms with van der Waals surface area (Å²) in [7, 11) is -1.30. The van der Waals surface area contributed by atoms with Crippen LogP contribution < -0.4 is 0 Å². The van der Waals surface area contributed by atoms with Crippen molar-refractivity contribution >= 4 is 27.9 Å². The summed E-state index contributed by atoms with van der Waals surface area (Å²) < 4.78 is 18.1. The van der Waals surface area contributed by atoms with Crippen molar-refractivity contribution in [2.45, 2.75) is 43.1 Å². The average Bonchev–Trinajstić information content (AvgIpc) is 3.02.